The first-order chi connectivity index (χ1) is 7.74. The summed E-state index contributed by atoms with van der Waals surface area (Å²) >= 11 is 1.90. The summed E-state index contributed by atoms with van der Waals surface area (Å²) in [6, 6.07) is 5.74. The average Bonchev–Trinajstić information content (AvgIpc) is 2.84. The number of hydrogen-bond donors (Lipinski definition) is 1. The highest BCUT2D eigenvalue weighted by molar-refractivity contribution is 7.10. The molecule has 0 spiro atoms. The molecule has 1 aliphatic rings. The van der Waals surface area contributed by atoms with Gasteiger partial charge in [-0.3, -0.25) is 4.90 Å². The predicted octanol–water partition coefficient (Wildman–Crippen LogP) is 2.74. The van der Waals surface area contributed by atoms with Crippen LogP contribution in [0.2, 0.25) is 0 Å². The molecule has 2 nitrogen and oxygen atoms in total. The minimum absolute atomic E-state index is 0.632. The normalized spacial score (nSPS) is 26.8. The van der Waals surface area contributed by atoms with Crippen LogP contribution in [-0.2, 0) is 0 Å². The predicted molar refractivity (Wildman–Crippen MR) is 70.9 cm³/mol. The SMILES string of the molecule is CNCC1CCN(C(C)C)C1c1cccs1. The molecule has 1 N–H and O–H groups in total. The van der Waals surface area contributed by atoms with E-state index in [-0.39, 0.29) is 0 Å². The van der Waals surface area contributed by atoms with Gasteiger partial charge in [0.1, 0.15) is 0 Å². The van der Waals surface area contributed by atoms with Gasteiger partial charge in [-0.2, -0.15) is 0 Å². The van der Waals surface area contributed by atoms with Crippen LogP contribution in [-0.4, -0.2) is 31.1 Å². The number of nitrogens with one attached hydrogen (secondary N) is 1. The van der Waals surface area contributed by atoms with Crippen LogP contribution in [0.25, 0.3) is 0 Å². The van der Waals surface area contributed by atoms with Crippen LogP contribution in [0, 0.1) is 5.92 Å². The second-order valence-electron chi connectivity index (χ2n) is 4.90. The molecule has 3 heteroatoms. The van der Waals surface area contributed by atoms with Crippen molar-refractivity contribution in [3.63, 3.8) is 0 Å². The molecule has 2 unspecified atom stereocenters. The molecule has 2 heterocycles. The maximum atomic E-state index is 3.34. The smallest absolute Gasteiger partial charge is 0.0484 e. The van der Waals surface area contributed by atoms with Crippen LogP contribution >= 0.6 is 11.3 Å². The first-order valence-corrected chi connectivity index (χ1v) is 7.05. The van der Waals surface area contributed by atoms with Gasteiger partial charge in [-0.25, -0.2) is 0 Å². The van der Waals surface area contributed by atoms with E-state index in [2.05, 4.69) is 48.6 Å². The van der Waals surface area contributed by atoms with E-state index in [0.29, 0.717) is 12.1 Å². The summed E-state index contributed by atoms with van der Waals surface area (Å²) in [6.07, 6.45) is 1.32. The Hall–Kier alpha value is -0.380. The summed E-state index contributed by atoms with van der Waals surface area (Å²) in [5, 5.41) is 5.54. The highest BCUT2D eigenvalue weighted by Crippen LogP contribution is 2.39. The Balaban J connectivity index is 2.19. The van der Waals surface area contributed by atoms with Crippen LogP contribution < -0.4 is 5.32 Å². The van der Waals surface area contributed by atoms with Gasteiger partial charge in [0.15, 0.2) is 0 Å². The molecule has 0 bridgehead atoms. The Morgan fingerprint density at radius 1 is 1.56 bits per heavy atom. The number of nitrogens with zero attached hydrogens (tertiary/aromatic N) is 1. The lowest BCUT2D eigenvalue weighted by molar-refractivity contribution is 0.185. The van der Waals surface area contributed by atoms with Gasteiger partial charge >= 0.3 is 0 Å². The molecule has 1 aliphatic heterocycles. The molecule has 2 rings (SSSR count). The molecule has 0 amide bonds. The Labute approximate surface area is 103 Å². The number of rotatable bonds is 4. The van der Waals surface area contributed by atoms with Crippen molar-refractivity contribution in [3.8, 4) is 0 Å². The molecule has 16 heavy (non-hydrogen) atoms. The van der Waals surface area contributed by atoms with E-state index >= 15 is 0 Å². The van der Waals surface area contributed by atoms with E-state index in [4.69, 9.17) is 0 Å². The summed E-state index contributed by atoms with van der Waals surface area (Å²) in [6.45, 7) is 6.99. The molecular weight excluding hydrogens is 216 g/mol. The fourth-order valence-electron chi connectivity index (χ4n) is 2.79. The van der Waals surface area contributed by atoms with Crippen molar-refractivity contribution in [2.75, 3.05) is 20.1 Å². The van der Waals surface area contributed by atoms with E-state index in [1.165, 1.54) is 17.8 Å². The van der Waals surface area contributed by atoms with E-state index in [9.17, 15) is 0 Å². The van der Waals surface area contributed by atoms with Crippen molar-refractivity contribution < 1.29 is 0 Å². The molecule has 0 aromatic carbocycles. The van der Waals surface area contributed by atoms with Gasteiger partial charge in [-0.05, 0) is 57.8 Å². The van der Waals surface area contributed by atoms with Crippen molar-refractivity contribution in [2.45, 2.75) is 32.4 Å². The quantitative estimate of drug-likeness (QED) is 0.867. The largest absolute Gasteiger partial charge is 0.319 e. The molecule has 1 saturated heterocycles. The Morgan fingerprint density at radius 2 is 2.38 bits per heavy atom. The minimum atomic E-state index is 0.632. The van der Waals surface area contributed by atoms with E-state index < -0.39 is 0 Å². The highest BCUT2D eigenvalue weighted by atomic mass is 32.1. The van der Waals surface area contributed by atoms with Gasteiger partial charge in [-0.15, -0.1) is 11.3 Å². The highest BCUT2D eigenvalue weighted by Gasteiger charge is 2.36. The lowest BCUT2D eigenvalue weighted by atomic mass is 9.98. The van der Waals surface area contributed by atoms with E-state index in [1.54, 1.807) is 0 Å². The van der Waals surface area contributed by atoms with E-state index in [1.807, 2.05) is 11.3 Å². The third kappa shape index (κ3) is 2.31. The standard InChI is InChI=1S/C13H22N2S/c1-10(2)15-7-6-11(9-14-3)13(15)12-5-4-8-16-12/h4-5,8,10-11,13-14H,6-7,9H2,1-3H3. The Kier molecular flexibility index (Phi) is 4.00. The molecule has 1 fully saturated rings. The summed E-state index contributed by atoms with van der Waals surface area (Å²) in [7, 11) is 2.06. The number of likely N-dealkylation sites (tertiary alicyclic amines) is 1. The average molecular weight is 238 g/mol. The molecule has 0 radical (unpaired) electrons. The molecular formula is C13H22N2S. The maximum Gasteiger partial charge on any atom is 0.0484 e. The summed E-state index contributed by atoms with van der Waals surface area (Å²) in [4.78, 5) is 4.18. The molecule has 1 aromatic rings. The second kappa shape index (κ2) is 5.30. The monoisotopic (exact) mass is 238 g/mol. The lowest BCUT2D eigenvalue weighted by Gasteiger charge is -2.30. The number of thiophene rings is 1. The van der Waals surface area contributed by atoms with Crippen LogP contribution in [0.5, 0.6) is 0 Å². The zero-order chi connectivity index (χ0) is 11.5. The van der Waals surface area contributed by atoms with Gasteiger partial charge in [0.05, 0.1) is 0 Å². The van der Waals surface area contributed by atoms with Gasteiger partial charge in [-0.1, -0.05) is 6.07 Å². The molecule has 1 aromatic heterocycles. The summed E-state index contributed by atoms with van der Waals surface area (Å²) in [5.74, 6) is 0.769. The third-order valence-corrected chi connectivity index (χ3v) is 4.47. The molecule has 2 atom stereocenters. The van der Waals surface area contributed by atoms with E-state index in [0.717, 1.165) is 12.5 Å². The van der Waals surface area contributed by atoms with Crippen LogP contribution in [0.15, 0.2) is 17.5 Å². The fourth-order valence-corrected chi connectivity index (χ4v) is 3.73. The second-order valence-corrected chi connectivity index (χ2v) is 5.88. The van der Waals surface area contributed by atoms with Crippen LogP contribution in [0.3, 0.4) is 0 Å². The molecule has 90 valence electrons. The molecule has 0 aliphatic carbocycles. The van der Waals surface area contributed by atoms with Crippen molar-refractivity contribution in [3.05, 3.63) is 22.4 Å². The van der Waals surface area contributed by atoms with Crippen molar-refractivity contribution in [2.24, 2.45) is 5.92 Å². The zero-order valence-corrected chi connectivity index (χ0v) is 11.3. The van der Waals surface area contributed by atoms with Gasteiger partial charge in [0.2, 0.25) is 0 Å². The number of hydrogen-bond acceptors (Lipinski definition) is 3. The van der Waals surface area contributed by atoms with Crippen LogP contribution in [0.4, 0.5) is 0 Å². The van der Waals surface area contributed by atoms with Crippen LogP contribution in [0.1, 0.15) is 31.2 Å². The Bertz CT molecular complexity index is 308. The van der Waals surface area contributed by atoms with Crippen molar-refractivity contribution in [1.82, 2.24) is 10.2 Å². The fraction of sp³-hybridized carbons (Fsp3) is 0.692. The van der Waals surface area contributed by atoms with Gasteiger partial charge < -0.3 is 5.32 Å². The van der Waals surface area contributed by atoms with Gasteiger partial charge in [0, 0.05) is 17.0 Å². The van der Waals surface area contributed by atoms with Crippen molar-refractivity contribution >= 4 is 11.3 Å². The third-order valence-electron chi connectivity index (χ3n) is 3.53. The summed E-state index contributed by atoms with van der Waals surface area (Å²) in [5.41, 5.74) is 0. The first kappa shape index (κ1) is 12.1. The van der Waals surface area contributed by atoms with Gasteiger partial charge in [0.25, 0.3) is 0 Å². The first-order valence-electron chi connectivity index (χ1n) is 6.17. The topological polar surface area (TPSA) is 15.3 Å². The zero-order valence-electron chi connectivity index (χ0n) is 10.4. The maximum absolute atomic E-state index is 3.34. The van der Waals surface area contributed by atoms with Crippen molar-refractivity contribution in [1.29, 1.82) is 0 Å². The lowest BCUT2D eigenvalue weighted by Crippen LogP contribution is -2.33. The minimum Gasteiger partial charge on any atom is -0.319 e. The summed E-state index contributed by atoms with van der Waals surface area (Å²) < 4.78 is 0. The molecule has 0 saturated carbocycles. The Morgan fingerprint density at radius 3 is 2.94 bits per heavy atom.